The van der Waals surface area contributed by atoms with Gasteiger partial charge in [-0.05, 0) is 66.7 Å². The van der Waals surface area contributed by atoms with E-state index in [9.17, 15) is 32.9 Å². The number of benzene rings is 3. The molecule has 0 aliphatic carbocycles. The van der Waals surface area contributed by atoms with Crippen molar-refractivity contribution in [2.75, 3.05) is 19.0 Å². The number of hydrogen-bond acceptors (Lipinski definition) is 10. The number of carbonyl (C=O) groups is 3. The Bertz CT molecular complexity index is 1720. The van der Waals surface area contributed by atoms with Crippen LogP contribution in [-0.2, 0) is 19.7 Å². The standard InChI is InChI=1S/C26H20ClN3O9S2/c1-15-6-8-19(13-20(15)30(34)35)41(36,37)39-21-9-7-16(10-22(21)38-2)11-23-25(32)29(26(33)40-23)14-24(31)28-18-5-3-4-17(27)12-18/h3-13H,14H2,1-2H3,(H,28,31)/b23-11-. The summed E-state index contributed by atoms with van der Waals surface area (Å²) >= 11 is 6.53. The molecular weight excluding hydrogens is 598 g/mol. The van der Waals surface area contributed by atoms with E-state index in [0.717, 1.165) is 11.0 Å². The number of ether oxygens (including phenoxy) is 1. The highest BCUT2D eigenvalue weighted by Gasteiger charge is 2.36. The van der Waals surface area contributed by atoms with Gasteiger partial charge in [-0.2, -0.15) is 8.42 Å². The molecule has 4 rings (SSSR count). The van der Waals surface area contributed by atoms with E-state index < -0.39 is 43.5 Å². The van der Waals surface area contributed by atoms with Crippen LogP contribution in [-0.4, -0.2) is 48.9 Å². The smallest absolute Gasteiger partial charge is 0.339 e. The summed E-state index contributed by atoms with van der Waals surface area (Å²) in [4.78, 5) is 48.6. The van der Waals surface area contributed by atoms with Gasteiger partial charge in [-0.3, -0.25) is 29.4 Å². The molecule has 1 aliphatic rings. The van der Waals surface area contributed by atoms with E-state index in [-0.39, 0.29) is 27.7 Å². The number of halogens is 1. The van der Waals surface area contributed by atoms with Crippen molar-refractivity contribution in [3.63, 3.8) is 0 Å². The van der Waals surface area contributed by atoms with Gasteiger partial charge in [0.25, 0.3) is 16.8 Å². The predicted octanol–water partition coefficient (Wildman–Crippen LogP) is 5.01. The molecule has 0 spiro atoms. The SMILES string of the molecule is COc1cc(/C=C2\SC(=O)N(CC(=O)Nc3cccc(Cl)c3)C2=O)ccc1OS(=O)(=O)c1ccc(C)c([N+](=O)[O-])c1. The molecule has 3 aromatic rings. The molecule has 3 aromatic carbocycles. The topological polar surface area (TPSA) is 162 Å². The van der Waals surface area contributed by atoms with Crippen LogP contribution in [0.15, 0.2) is 70.5 Å². The maximum absolute atomic E-state index is 12.9. The lowest BCUT2D eigenvalue weighted by Crippen LogP contribution is -2.36. The van der Waals surface area contributed by atoms with Gasteiger partial charge in [0, 0.05) is 22.3 Å². The fraction of sp³-hybridized carbons (Fsp3) is 0.115. The molecule has 0 atom stereocenters. The van der Waals surface area contributed by atoms with E-state index in [1.54, 1.807) is 18.2 Å². The number of anilines is 1. The van der Waals surface area contributed by atoms with Crippen LogP contribution < -0.4 is 14.2 Å². The zero-order chi connectivity index (χ0) is 29.9. The summed E-state index contributed by atoms with van der Waals surface area (Å²) in [7, 11) is -3.20. The zero-order valence-electron chi connectivity index (χ0n) is 21.3. The maximum atomic E-state index is 12.9. The van der Waals surface area contributed by atoms with Crippen LogP contribution in [0, 0.1) is 17.0 Å². The number of imide groups is 1. The number of nitrogens with one attached hydrogen (secondary N) is 1. The molecule has 212 valence electrons. The van der Waals surface area contributed by atoms with Crippen LogP contribution in [0.1, 0.15) is 11.1 Å². The Morgan fingerprint density at radius 1 is 1.12 bits per heavy atom. The highest BCUT2D eigenvalue weighted by Crippen LogP contribution is 2.36. The van der Waals surface area contributed by atoms with E-state index in [0.29, 0.717) is 28.0 Å². The number of methoxy groups -OCH3 is 1. The number of nitro groups is 1. The van der Waals surface area contributed by atoms with Crippen LogP contribution in [0.4, 0.5) is 16.2 Å². The van der Waals surface area contributed by atoms with Crippen LogP contribution in [0.25, 0.3) is 6.08 Å². The van der Waals surface area contributed by atoms with E-state index in [1.165, 1.54) is 56.5 Å². The Hall–Kier alpha value is -4.40. The second kappa shape index (κ2) is 12.0. The lowest BCUT2D eigenvalue weighted by molar-refractivity contribution is -0.385. The third kappa shape index (κ3) is 6.85. The number of nitrogens with zero attached hydrogens (tertiary/aromatic N) is 2. The molecule has 1 saturated heterocycles. The summed E-state index contributed by atoms with van der Waals surface area (Å²) < 4.78 is 36.0. The lowest BCUT2D eigenvalue weighted by Gasteiger charge is -2.13. The first kappa shape index (κ1) is 29.6. The third-order valence-corrected chi connectivity index (χ3v) is 8.01. The molecule has 0 unspecified atom stereocenters. The molecular formula is C26H20ClN3O9S2. The van der Waals surface area contributed by atoms with Crippen molar-refractivity contribution in [2.45, 2.75) is 11.8 Å². The Labute approximate surface area is 243 Å². The molecule has 12 nitrogen and oxygen atoms in total. The molecule has 1 aliphatic heterocycles. The highest BCUT2D eigenvalue weighted by molar-refractivity contribution is 8.18. The van der Waals surface area contributed by atoms with Crippen molar-refractivity contribution < 1.29 is 36.6 Å². The predicted molar refractivity (Wildman–Crippen MR) is 151 cm³/mol. The largest absolute Gasteiger partial charge is 0.493 e. The molecule has 1 N–H and O–H groups in total. The maximum Gasteiger partial charge on any atom is 0.339 e. The van der Waals surface area contributed by atoms with Gasteiger partial charge in [0.05, 0.1) is 16.9 Å². The van der Waals surface area contributed by atoms with E-state index in [1.807, 2.05) is 0 Å². The Morgan fingerprint density at radius 3 is 2.56 bits per heavy atom. The second-order valence-electron chi connectivity index (χ2n) is 8.48. The van der Waals surface area contributed by atoms with Crippen molar-refractivity contribution in [3.8, 4) is 11.5 Å². The fourth-order valence-corrected chi connectivity index (χ4v) is 5.64. The number of nitro benzene ring substituents is 1. The average molecular weight is 618 g/mol. The van der Waals surface area contributed by atoms with Gasteiger partial charge in [0.1, 0.15) is 11.4 Å². The Morgan fingerprint density at radius 2 is 1.88 bits per heavy atom. The first-order valence-corrected chi connectivity index (χ1v) is 14.2. The molecule has 0 radical (unpaired) electrons. The van der Waals surface area contributed by atoms with E-state index in [4.69, 9.17) is 20.5 Å². The molecule has 0 aromatic heterocycles. The van der Waals surface area contributed by atoms with Gasteiger partial charge in [-0.15, -0.1) is 0 Å². The minimum atomic E-state index is -4.47. The van der Waals surface area contributed by atoms with Crippen LogP contribution in [0.5, 0.6) is 11.5 Å². The zero-order valence-corrected chi connectivity index (χ0v) is 23.7. The summed E-state index contributed by atoms with van der Waals surface area (Å²) in [6.45, 7) is 0.960. The summed E-state index contributed by atoms with van der Waals surface area (Å²) in [5.41, 5.74) is 0.670. The minimum Gasteiger partial charge on any atom is -0.493 e. The number of rotatable bonds is 9. The molecule has 15 heteroatoms. The van der Waals surface area contributed by atoms with E-state index in [2.05, 4.69) is 5.32 Å². The second-order valence-corrected chi connectivity index (χ2v) is 11.5. The Balaban J connectivity index is 1.50. The summed E-state index contributed by atoms with van der Waals surface area (Å²) in [6, 6.07) is 13.8. The van der Waals surface area contributed by atoms with Crippen molar-refractivity contribution in [2.24, 2.45) is 0 Å². The van der Waals surface area contributed by atoms with Gasteiger partial charge in [-0.25, -0.2) is 0 Å². The Kier molecular flexibility index (Phi) is 8.66. The van der Waals surface area contributed by atoms with E-state index >= 15 is 0 Å². The molecule has 41 heavy (non-hydrogen) atoms. The van der Waals surface area contributed by atoms with Crippen LogP contribution in [0.2, 0.25) is 5.02 Å². The number of amides is 3. The molecule has 0 bridgehead atoms. The molecule has 0 saturated carbocycles. The minimum absolute atomic E-state index is 0.0240. The van der Waals surface area contributed by atoms with Crippen molar-refractivity contribution in [3.05, 3.63) is 91.8 Å². The summed E-state index contributed by atoms with van der Waals surface area (Å²) in [5, 5.41) is 13.5. The summed E-state index contributed by atoms with van der Waals surface area (Å²) in [6.07, 6.45) is 1.38. The first-order chi connectivity index (χ1) is 19.4. The van der Waals surface area contributed by atoms with Crippen molar-refractivity contribution >= 4 is 68.0 Å². The highest BCUT2D eigenvalue weighted by atomic mass is 35.5. The van der Waals surface area contributed by atoms with Gasteiger partial charge >= 0.3 is 10.1 Å². The number of carbonyl (C=O) groups excluding carboxylic acids is 3. The molecule has 3 amide bonds. The first-order valence-electron chi connectivity index (χ1n) is 11.6. The van der Waals surface area contributed by atoms with Gasteiger partial charge in [0.2, 0.25) is 5.91 Å². The van der Waals surface area contributed by atoms with Crippen molar-refractivity contribution in [1.82, 2.24) is 4.90 Å². The average Bonchev–Trinajstić information content (AvgIpc) is 3.16. The normalized spacial score (nSPS) is 14.3. The monoisotopic (exact) mass is 617 g/mol. The third-order valence-electron chi connectivity index (χ3n) is 5.63. The van der Waals surface area contributed by atoms with Crippen LogP contribution >= 0.6 is 23.4 Å². The molecule has 1 heterocycles. The van der Waals surface area contributed by atoms with Crippen molar-refractivity contribution in [1.29, 1.82) is 0 Å². The van der Waals surface area contributed by atoms with Gasteiger partial charge in [0.15, 0.2) is 11.5 Å². The fourth-order valence-electron chi connectivity index (χ4n) is 3.65. The molecule has 1 fully saturated rings. The quantitative estimate of drug-likeness (QED) is 0.149. The summed E-state index contributed by atoms with van der Waals surface area (Å²) in [5.74, 6) is -1.52. The number of aryl methyl sites for hydroxylation is 1. The number of hydrogen-bond donors (Lipinski definition) is 1. The van der Waals surface area contributed by atoms with Gasteiger partial charge in [-0.1, -0.05) is 29.8 Å². The van der Waals surface area contributed by atoms with Crippen LogP contribution in [0.3, 0.4) is 0 Å². The van der Waals surface area contributed by atoms with Gasteiger partial charge < -0.3 is 14.2 Å². The lowest BCUT2D eigenvalue weighted by atomic mass is 10.2. The number of thioether (sulfide) groups is 1.